The number of aliphatic hydroxyl groups excluding tert-OH is 1. The zero-order valence-corrected chi connectivity index (χ0v) is 8.22. The van der Waals surface area contributed by atoms with Gasteiger partial charge < -0.3 is 10.4 Å². The number of anilines is 1. The van der Waals surface area contributed by atoms with E-state index >= 15 is 0 Å². The predicted molar refractivity (Wildman–Crippen MR) is 50.7 cm³/mol. The van der Waals surface area contributed by atoms with E-state index in [9.17, 15) is 5.11 Å². The van der Waals surface area contributed by atoms with Crippen molar-refractivity contribution in [2.24, 2.45) is 7.05 Å². The second kappa shape index (κ2) is 3.91. The summed E-state index contributed by atoms with van der Waals surface area (Å²) in [6.07, 6.45) is 3.83. The first kappa shape index (κ1) is 9.39. The smallest absolute Gasteiger partial charge is 0.242 e. The molecule has 1 saturated carbocycles. The van der Waals surface area contributed by atoms with Crippen molar-refractivity contribution in [2.45, 2.75) is 37.8 Å². The summed E-state index contributed by atoms with van der Waals surface area (Å²) in [7, 11) is 1.78. The number of aryl methyl sites for hydroxylation is 1. The molecule has 6 nitrogen and oxygen atoms in total. The second-order valence-electron chi connectivity index (χ2n) is 3.73. The second-order valence-corrected chi connectivity index (χ2v) is 3.73. The van der Waals surface area contributed by atoms with Crippen LogP contribution < -0.4 is 5.32 Å². The van der Waals surface area contributed by atoms with E-state index in [-0.39, 0.29) is 12.1 Å². The molecule has 2 atom stereocenters. The summed E-state index contributed by atoms with van der Waals surface area (Å²) in [5, 5.41) is 23.9. The summed E-state index contributed by atoms with van der Waals surface area (Å²) >= 11 is 0. The number of aromatic nitrogens is 4. The molecule has 2 rings (SSSR count). The third kappa shape index (κ3) is 1.84. The SMILES string of the molecule is Cn1nnnc1NC1CCCCC1O. The van der Waals surface area contributed by atoms with Gasteiger partial charge in [0, 0.05) is 7.05 Å². The van der Waals surface area contributed by atoms with Crippen molar-refractivity contribution in [3.8, 4) is 0 Å². The Balaban J connectivity index is 1.99. The summed E-state index contributed by atoms with van der Waals surface area (Å²) in [4.78, 5) is 0. The van der Waals surface area contributed by atoms with Gasteiger partial charge in [0.25, 0.3) is 0 Å². The first-order valence-electron chi connectivity index (χ1n) is 4.94. The summed E-state index contributed by atoms with van der Waals surface area (Å²) in [6, 6.07) is 0.0912. The highest BCUT2D eigenvalue weighted by atomic mass is 16.3. The molecule has 6 heteroatoms. The normalized spacial score (nSPS) is 27.6. The van der Waals surface area contributed by atoms with E-state index in [2.05, 4.69) is 20.8 Å². The van der Waals surface area contributed by atoms with Gasteiger partial charge in [-0.25, -0.2) is 4.68 Å². The Bertz CT molecular complexity index is 300. The molecule has 0 bridgehead atoms. The maximum atomic E-state index is 9.72. The van der Waals surface area contributed by atoms with Crippen LogP contribution >= 0.6 is 0 Å². The molecule has 0 radical (unpaired) electrons. The summed E-state index contributed by atoms with van der Waals surface area (Å²) in [6.45, 7) is 0. The maximum Gasteiger partial charge on any atom is 0.242 e. The van der Waals surface area contributed by atoms with Crippen LogP contribution in [0.1, 0.15) is 25.7 Å². The van der Waals surface area contributed by atoms with E-state index in [4.69, 9.17) is 0 Å². The Labute approximate surface area is 82.3 Å². The minimum Gasteiger partial charge on any atom is -0.391 e. The van der Waals surface area contributed by atoms with Crippen LogP contribution in [-0.2, 0) is 7.05 Å². The number of nitrogens with one attached hydrogen (secondary N) is 1. The third-order valence-corrected chi connectivity index (χ3v) is 2.66. The quantitative estimate of drug-likeness (QED) is 0.694. The van der Waals surface area contributed by atoms with Gasteiger partial charge >= 0.3 is 0 Å². The average Bonchev–Trinajstić information content (AvgIpc) is 2.56. The Morgan fingerprint density at radius 1 is 1.43 bits per heavy atom. The van der Waals surface area contributed by atoms with Crippen molar-refractivity contribution in [1.29, 1.82) is 0 Å². The average molecular weight is 197 g/mol. The Hall–Kier alpha value is -1.17. The van der Waals surface area contributed by atoms with Crippen LogP contribution in [0.5, 0.6) is 0 Å². The number of aliphatic hydroxyl groups is 1. The van der Waals surface area contributed by atoms with Gasteiger partial charge in [0.15, 0.2) is 0 Å². The molecule has 1 aromatic rings. The van der Waals surface area contributed by atoms with E-state index in [1.54, 1.807) is 11.7 Å². The van der Waals surface area contributed by atoms with Gasteiger partial charge in [0.2, 0.25) is 5.95 Å². The van der Waals surface area contributed by atoms with Crippen molar-refractivity contribution in [2.75, 3.05) is 5.32 Å². The van der Waals surface area contributed by atoms with Crippen LogP contribution in [0.15, 0.2) is 0 Å². The van der Waals surface area contributed by atoms with Crippen LogP contribution in [0, 0.1) is 0 Å². The highest BCUT2D eigenvalue weighted by Crippen LogP contribution is 2.20. The third-order valence-electron chi connectivity index (χ3n) is 2.66. The molecule has 1 aliphatic carbocycles. The molecular formula is C8H15N5O. The largest absolute Gasteiger partial charge is 0.391 e. The van der Waals surface area contributed by atoms with Gasteiger partial charge in [0.05, 0.1) is 12.1 Å². The lowest BCUT2D eigenvalue weighted by Gasteiger charge is -2.28. The summed E-state index contributed by atoms with van der Waals surface area (Å²) < 4.78 is 1.57. The minimum atomic E-state index is -0.277. The van der Waals surface area contributed by atoms with Crippen molar-refractivity contribution < 1.29 is 5.11 Å². The van der Waals surface area contributed by atoms with E-state index in [0.717, 1.165) is 25.7 Å². The molecule has 14 heavy (non-hydrogen) atoms. The number of hydrogen-bond acceptors (Lipinski definition) is 5. The molecular weight excluding hydrogens is 182 g/mol. The van der Waals surface area contributed by atoms with Gasteiger partial charge in [-0.05, 0) is 23.3 Å². The van der Waals surface area contributed by atoms with Crippen LogP contribution in [0.3, 0.4) is 0 Å². The van der Waals surface area contributed by atoms with Crippen LogP contribution in [0.2, 0.25) is 0 Å². The van der Waals surface area contributed by atoms with E-state index < -0.39 is 0 Å². The van der Waals surface area contributed by atoms with Crippen molar-refractivity contribution in [3.05, 3.63) is 0 Å². The van der Waals surface area contributed by atoms with Crippen molar-refractivity contribution in [3.63, 3.8) is 0 Å². The van der Waals surface area contributed by atoms with Crippen molar-refractivity contribution in [1.82, 2.24) is 20.2 Å². The molecule has 1 heterocycles. The Kier molecular flexibility index (Phi) is 2.62. The number of tetrazole rings is 1. The minimum absolute atomic E-state index is 0.0912. The molecule has 2 N–H and O–H groups in total. The molecule has 1 fully saturated rings. The fourth-order valence-electron chi connectivity index (χ4n) is 1.80. The highest BCUT2D eigenvalue weighted by molar-refractivity contribution is 5.24. The number of hydrogen-bond donors (Lipinski definition) is 2. The molecule has 0 aromatic carbocycles. The zero-order chi connectivity index (χ0) is 9.97. The topological polar surface area (TPSA) is 75.9 Å². The monoisotopic (exact) mass is 197 g/mol. The van der Waals surface area contributed by atoms with Crippen LogP contribution in [0.25, 0.3) is 0 Å². The Morgan fingerprint density at radius 3 is 2.86 bits per heavy atom. The molecule has 0 spiro atoms. The van der Waals surface area contributed by atoms with Gasteiger partial charge in [-0.3, -0.25) is 0 Å². The van der Waals surface area contributed by atoms with Crippen LogP contribution in [0.4, 0.5) is 5.95 Å². The highest BCUT2D eigenvalue weighted by Gasteiger charge is 2.23. The standard InChI is InChI=1S/C8H15N5O/c1-13-8(10-11-12-13)9-6-4-2-3-5-7(6)14/h6-7,14H,2-5H2,1H3,(H,9,10,12). The molecule has 1 aromatic heterocycles. The number of rotatable bonds is 2. The molecule has 1 aliphatic rings. The number of nitrogens with zero attached hydrogens (tertiary/aromatic N) is 4. The van der Waals surface area contributed by atoms with Gasteiger partial charge in [-0.15, -0.1) is 0 Å². The molecule has 78 valence electrons. The van der Waals surface area contributed by atoms with E-state index in [1.807, 2.05) is 0 Å². The predicted octanol–water partition coefficient (Wildman–Crippen LogP) is -0.0745. The molecule has 0 saturated heterocycles. The van der Waals surface area contributed by atoms with Gasteiger partial charge in [-0.2, -0.15) is 0 Å². The zero-order valence-electron chi connectivity index (χ0n) is 8.22. The molecule has 0 aliphatic heterocycles. The van der Waals surface area contributed by atoms with Crippen LogP contribution in [-0.4, -0.2) is 37.5 Å². The maximum absolute atomic E-state index is 9.72. The lowest BCUT2D eigenvalue weighted by Crippen LogP contribution is -2.37. The molecule has 0 amide bonds. The van der Waals surface area contributed by atoms with Gasteiger partial charge in [-0.1, -0.05) is 17.9 Å². The fourth-order valence-corrected chi connectivity index (χ4v) is 1.80. The van der Waals surface area contributed by atoms with Crippen molar-refractivity contribution >= 4 is 5.95 Å². The van der Waals surface area contributed by atoms with E-state index in [1.165, 1.54) is 0 Å². The first-order chi connectivity index (χ1) is 6.77. The summed E-state index contributed by atoms with van der Waals surface area (Å²) in [5.74, 6) is 0.621. The fraction of sp³-hybridized carbons (Fsp3) is 0.875. The van der Waals surface area contributed by atoms with E-state index in [0.29, 0.717) is 5.95 Å². The first-order valence-corrected chi connectivity index (χ1v) is 4.94. The lowest BCUT2D eigenvalue weighted by molar-refractivity contribution is 0.116. The molecule has 2 unspecified atom stereocenters. The summed E-state index contributed by atoms with van der Waals surface area (Å²) in [5.41, 5.74) is 0. The van der Waals surface area contributed by atoms with Gasteiger partial charge in [0.1, 0.15) is 0 Å². The lowest BCUT2D eigenvalue weighted by atomic mass is 9.93. The Morgan fingerprint density at radius 2 is 2.21 bits per heavy atom.